The second kappa shape index (κ2) is 5.23. The molecule has 3 unspecified atom stereocenters. The van der Waals surface area contributed by atoms with E-state index < -0.39 is 0 Å². The van der Waals surface area contributed by atoms with Gasteiger partial charge in [-0.3, -0.25) is 11.3 Å². The summed E-state index contributed by atoms with van der Waals surface area (Å²) in [6.45, 7) is 0. The summed E-state index contributed by atoms with van der Waals surface area (Å²) in [5, 5.41) is 0. The highest BCUT2D eigenvalue weighted by atomic mass is 16.5. The molecule has 0 bridgehead atoms. The van der Waals surface area contributed by atoms with Gasteiger partial charge < -0.3 is 4.74 Å². The fraction of sp³-hybridized carbons (Fsp3) is 0.625. The standard InChI is InChI=1S/C16H24N2O/c1-19-16(9-5-6-10-16)15(18-17)14-11-13(14)12-7-3-2-4-8-12/h2-4,7-8,13-15,18H,5-6,9-11,17H2,1H3. The summed E-state index contributed by atoms with van der Waals surface area (Å²) >= 11 is 0. The zero-order valence-electron chi connectivity index (χ0n) is 11.6. The molecule has 3 rings (SSSR count). The summed E-state index contributed by atoms with van der Waals surface area (Å²) in [6, 6.07) is 11.1. The van der Waals surface area contributed by atoms with Crippen LogP contribution in [-0.2, 0) is 4.74 Å². The summed E-state index contributed by atoms with van der Waals surface area (Å²) in [7, 11) is 1.84. The van der Waals surface area contributed by atoms with Crippen molar-refractivity contribution in [2.45, 2.75) is 49.7 Å². The van der Waals surface area contributed by atoms with Crippen LogP contribution in [0.1, 0.15) is 43.6 Å². The van der Waals surface area contributed by atoms with Crippen LogP contribution in [0.25, 0.3) is 0 Å². The molecule has 0 heterocycles. The third-order valence-electron chi connectivity index (χ3n) is 5.10. The van der Waals surface area contributed by atoms with E-state index in [1.807, 2.05) is 7.11 Å². The number of methoxy groups -OCH3 is 1. The highest BCUT2D eigenvalue weighted by molar-refractivity contribution is 5.27. The molecular formula is C16H24N2O. The molecule has 0 spiro atoms. The average Bonchev–Trinajstić information content (AvgIpc) is 3.09. The lowest BCUT2D eigenvalue weighted by Crippen LogP contribution is -2.54. The smallest absolute Gasteiger partial charge is 0.0847 e. The topological polar surface area (TPSA) is 47.3 Å². The van der Waals surface area contributed by atoms with Crippen molar-refractivity contribution in [3.8, 4) is 0 Å². The van der Waals surface area contributed by atoms with Gasteiger partial charge in [-0.05, 0) is 36.7 Å². The first kappa shape index (κ1) is 13.1. The summed E-state index contributed by atoms with van der Waals surface area (Å²) in [6.07, 6.45) is 6.01. The van der Waals surface area contributed by atoms with E-state index in [-0.39, 0.29) is 11.6 Å². The molecule has 0 radical (unpaired) electrons. The van der Waals surface area contributed by atoms with Gasteiger partial charge in [0.15, 0.2) is 0 Å². The summed E-state index contributed by atoms with van der Waals surface area (Å²) in [5.74, 6) is 7.13. The maximum atomic E-state index is 5.89. The minimum atomic E-state index is -0.0387. The number of ether oxygens (including phenoxy) is 1. The number of hydrogen-bond acceptors (Lipinski definition) is 3. The Labute approximate surface area is 115 Å². The first-order valence-corrected chi connectivity index (χ1v) is 7.37. The molecule has 0 aromatic heterocycles. The Balaban J connectivity index is 1.75. The Morgan fingerprint density at radius 1 is 1.26 bits per heavy atom. The van der Waals surface area contributed by atoms with Crippen molar-refractivity contribution in [3.05, 3.63) is 35.9 Å². The zero-order valence-corrected chi connectivity index (χ0v) is 11.6. The molecule has 2 saturated carbocycles. The van der Waals surface area contributed by atoms with Crippen LogP contribution >= 0.6 is 0 Å². The molecule has 0 amide bonds. The number of nitrogens with two attached hydrogens (primary N) is 1. The molecule has 19 heavy (non-hydrogen) atoms. The lowest BCUT2D eigenvalue weighted by molar-refractivity contribution is -0.0422. The molecule has 3 nitrogen and oxygen atoms in total. The van der Waals surface area contributed by atoms with Gasteiger partial charge in [0.2, 0.25) is 0 Å². The highest BCUT2D eigenvalue weighted by Crippen LogP contribution is 2.54. The predicted octanol–water partition coefficient (Wildman–Crippen LogP) is 2.58. The van der Waals surface area contributed by atoms with Crippen molar-refractivity contribution >= 4 is 0 Å². The van der Waals surface area contributed by atoms with Gasteiger partial charge in [-0.1, -0.05) is 43.2 Å². The van der Waals surface area contributed by atoms with E-state index >= 15 is 0 Å². The van der Waals surface area contributed by atoms with E-state index in [4.69, 9.17) is 10.6 Å². The maximum Gasteiger partial charge on any atom is 0.0847 e. The molecule has 0 aliphatic heterocycles. The number of hydrogen-bond donors (Lipinski definition) is 2. The minimum Gasteiger partial charge on any atom is -0.377 e. The van der Waals surface area contributed by atoms with Crippen LogP contribution in [0, 0.1) is 5.92 Å². The zero-order chi connectivity index (χ0) is 13.3. The molecule has 3 heteroatoms. The second-order valence-electron chi connectivity index (χ2n) is 6.04. The van der Waals surface area contributed by atoms with Crippen LogP contribution < -0.4 is 11.3 Å². The van der Waals surface area contributed by atoms with Crippen LogP contribution in [0.2, 0.25) is 0 Å². The molecule has 0 saturated heterocycles. The SMILES string of the molecule is COC1(C(NN)C2CC2c2ccccc2)CCCC1. The normalized spacial score (nSPS) is 30.2. The van der Waals surface area contributed by atoms with Crippen LogP contribution in [-0.4, -0.2) is 18.8 Å². The van der Waals surface area contributed by atoms with Crippen molar-refractivity contribution in [3.63, 3.8) is 0 Å². The van der Waals surface area contributed by atoms with Crippen molar-refractivity contribution in [1.82, 2.24) is 5.43 Å². The van der Waals surface area contributed by atoms with E-state index in [1.165, 1.54) is 24.8 Å². The van der Waals surface area contributed by atoms with Gasteiger partial charge in [0, 0.05) is 7.11 Å². The Morgan fingerprint density at radius 3 is 2.53 bits per heavy atom. The van der Waals surface area contributed by atoms with Gasteiger partial charge in [0.25, 0.3) is 0 Å². The molecule has 3 N–H and O–H groups in total. The van der Waals surface area contributed by atoms with Gasteiger partial charge in [-0.25, -0.2) is 0 Å². The summed E-state index contributed by atoms with van der Waals surface area (Å²) in [4.78, 5) is 0. The lowest BCUT2D eigenvalue weighted by atomic mass is 9.87. The van der Waals surface area contributed by atoms with E-state index in [2.05, 4.69) is 35.8 Å². The predicted molar refractivity (Wildman–Crippen MR) is 76.6 cm³/mol. The second-order valence-corrected chi connectivity index (χ2v) is 6.04. The molecule has 2 fully saturated rings. The average molecular weight is 260 g/mol. The highest BCUT2D eigenvalue weighted by Gasteiger charge is 2.53. The minimum absolute atomic E-state index is 0.0387. The van der Waals surface area contributed by atoms with E-state index in [0.29, 0.717) is 11.8 Å². The third-order valence-corrected chi connectivity index (χ3v) is 5.10. The van der Waals surface area contributed by atoms with E-state index in [9.17, 15) is 0 Å². The number of benzene rings is 1. The Hall–Kier alpha value is -0.900. The fourth-order valence-corrected chi connectivity index (χ4v) is 3.95. The molecule has 104 valence electrons. The van der Waals surface area contributed by atoms with Crippen LogP contribution in [0.4, 0.5) is 0 Å². The Kier molecular flexibility index (Phi) is 3.61. The molecule has 3 atom stereocenters. The maximum absolute atomic E-state index is 5.89. The molecule has 1 aromatic carbocycles. The van der Waals surface area contributed by atoms with Crippen molar-refractivity contribution in [1.29, 1.82) is 0 Å². The van der Waals surface area contributed by atoms with Crippen LogP contribution in [0.15, 0.2) is 30.3 Å². The third kappa shape index (κ3) is 2.31. The number of nitrogens with one attached hydrogen (secondary N) is 1. The van der Waals surface area contributed by atoms with E-state index in [1.54, 1.807) is 0 Å². The fourth-order valence-electron chi connectivity index (χ4n) is 3.95. The summed E-state index contributed by atoms with van der Waals surface area (Å²) in [5.41, 5.74) is 4.48. The first-order valence-electron chi connectivity index (χ1n) is 7.37. The molecular weight excluding hydrogens is 236 g/mol. The van der Waals surface area contributed by atoms with Crippen LogP contribution in [0.5, 0.6) is 0 Å². The molecule has 1 aromatic rings. The monoisotopic (exact) mass is 260 g/mol. The largest absolute Gasteiger partial charge is 0.377 e. The molecule has 2 aliphatic carbocycles. The van der Waals surface area contributed by atoms with Crippen molar-refractivity contribution in [2.75, 3.05) is 7.11 Å². The Morgan fingerprint density at radius 2 is 1.95 bits per heavy atom. The van der Waals surface area contributed by atoms with Gasteiger partial charge in [-0.15, -0.1) is 0 Å². The van der Waals surface area contributed by atoms with Gasteiger partial charge in [-0.2, -0.15) is 0 Å². The van der Waals surface area contributed by atoms with Gasteiger partial charge in [0.05, 0.1) is 11.6 Å². The quantitative estimate of drug-likeness (QED) is 0.632. The van der Waals surface area contributed by atoms with Crippen LogP contribution in [0.3, 0.4) is 0 Å². The number of hydrazine groups is 1. The van der Waals surface area contributed by atoms with Gasteiger partial charge in [0.1, 0.15) is 0 Å². The lowest BCUT2D eigenvalue weighted by Gasteiger charge is -2.36. The Bertz CT molecular complexity index is 414. The number of rotatable bonds is 5. The van der Waals surface area contributed by atoms with Crippen molar-refractivity contribution in [2.24, 2.45) is 11.8 Å². The first-order chi connectivity index (χ1) is 9.30. The van der Waals surface area contributed by atoms with Gasteiger partial charge >= 0.3 is 0 Å². The molecule has 2 aliphatic rings. The van der Waals surface area contributed by atoms with Crippen molar-refractivity contribution < 1.29 is 4.74 Å². The summed E-state index contributed by atoms with van der Waals surface area (Å²) < 4.78 is 5.89. The van der Waals surface area contributed by atoms with E-state index in [0.717, 1.165) is 12.8 Å².